The fourth-order valence-corrected chi connectivity index (χ4v) is 5.62. The Morgan fingerprint density at radius 2 is 1.90 bits per heavy atom. The molecule has 1 aliphatic heterocycles. The van der Waals surface area contributed by atoms with Gasteiger partial charge in [0.05, 0.1) is 6.61 Å². The molecule has 1 unspecified atom stereocenters. The van der Waals surface area contributed by atoms with Gasteiger partial charge in [-0.2, -0.15) is 0 Å². The molecule has 2 aliphatic carbocycles. The predicted molar refractivity (Wildman–Crippen MR) is 118 cm³/mol. The summed E-state index contributed by atoms with van der Waals surface area (Å²) in [7, 11) is 0. The van der Waals surface area contributed by atoms with Gasteiger partial charge in [0.15, 0.2) is 11.4 Å². The molecule has 0 fully saturated rings. The third-order valence-electron chi connectivity index (χ3n) is 7.20. The van der Waals surface area contributed by atoms with E-state index in [1.807, 2.05) is 31.2 Å². The lowest BCUT2D eigenvalue weighted by Crippen LogP contribution is -2.45. The predicted octanol–water partition coefficient (Wildman–Crippen LogP) is 4.27. The van der Waals surface area contributed by atoms with Gasteiger partial charge in [-0.05, 0) is 53.5 Å². The highest BCUT2D eigenvalue weighted by molar-refractivity contribution is 6.12. The Hall–Kier alpha value is -2.59. The summed E-state index contributed by atoms with van der Waals surface area (Å²) in [5, 5.41) is 12.1. The summed E-state index contributed by atoms with van der Waals surface area (Å²) >= 11 is 0. The fourth-order valence-electron chi connectivity index (χ4n) is 5.62. The number of Topliss-reactive ketones (excluding diaryl/α,β-unsaturated/α-hetero) is 1. The molecule has 0 spiro atoms. The minimum Gasteiger partial charge on any atom is -0.492 e. The molecule has 1 heterocycles. The number of rotatable bonds is 2. The van der Waals surface area contributed by atoms with E-state index in [1.54, 1.807) is 0 Å². The second-order valence-corrected chi connectivity index (χ2v) is 9.81. The molecule has 30 heavy (non-hydrogen) atoms. The Kier molecular flexibility index (Phi) is 4.17. The molecule has 2 atom stereocenters. The number of ether oxygens (including phenoxy) is 1. The van der Waals surface area contributed by atoms with Gasteiger partial charge in [-0.3, -0.25) is 4.79 Å². The highest BCUT2D eigenvalue weighted by Crippen LogP contribution is 2.51. The van der Waals surface area contributed by atoms with Crippen molar-refractivity contribution < 1.29 is 14.6 Å². The summed E-state index contributed by atoms with van der Waals surface area (Å²) in [5.74, 6) is 0.449. The van der Waals surface area contributed by atoms with Crippen LogP contribution in [0.15, 0.2) is 42.0 Å². The second kappa shape index (κ2) is 6.45. The van der Waals surface area contributed by atoms with E-state index in [9.17, 15) is 9.90 Å². The number of carbonyl (C=O) groups is 1. The molecule has 2 aromatic rings. The van der Waals surface area contributed by atoms with Crippen molar-refractivity contribution in [2.75, 3.05) is 12.3 Å². The van der Waals surface area contributed by atoms with Gasteiger partial charge in [0.2, 0.25) is 0 Å². The molecule has 0 amide bonds. The van der Waals surface area contributed by atoms with E-state index in [2.05, 4.69) is 26.0 Å². The van der Waals surface area contributed by atoms with Crippen molar-refractivity contribution in [2.45, 2.75) is 57.5 Å². The molecule has 2 aromatic carbocycles. The first kappa shape index (κ1) is 19.4. The summed E-state index contributed by atoms with van der Waals surface area (Å²) in [6.07, 6.45) is 3.26. The first-order valence-corrected chi connectivity index (χ1v) is 10.9. The van der Waals surface area contributed by atoms with Gasteiger partial charge in [0, 0.05) is 34.7 Å². The van der Waals surface area contributed by atoms with Crippen LogP contribution in [-0.2, 0) is 33.4 Å². The van der Waals surface area contributed by atoms with Crippen molar-refractivity contribution in [1.29, 1.82) is 0 Å². The van der Waals surface area contributed by atoms with E-state index >= 15 is 0 Å². The molecular formula is C26H29NO3. The number of hydrogen-bond donors (Lipinski definition) is 2. The lowest BCUT2D eigenvalue weighted by molar-refractivity contribution is -0.135. The zero-order chi connectivity index (χ0) is 21.3. The number of hydrogen-bond acceptors (Lipinski definition) is 4. The van der Waals surface area contributed by atoms with Crippen molar-refractivity contribution in [3.8, 4) is 0 Å². The number of nitrogens with two attached hydrogens (primary N) is 1. The molecule has 4 nitrogen and oxygen atoms in total. The van der Waals surface area contributed by atoms with Crippen molar-refractivity contribution in [1.82, 2.24) is 0 Å². The number of benzene rings is 2. The van der Waals surface area contributed by atoms with Crippen LogP contribution >= 0.6 is 0 Å². The largest absolute Gasteiger partial charge is 0.492 e. The van der Waals surface area contributed by atoms with E-state index in [0.29, 0.717) is 23.6 Å². The minimum atomic E-state index is -1.59. The van der Waals surface area contributed by atoms with E-state index in [4.69, 9.17) is 10.5 Å². The minimum absolute atomic E-state index is 0.0201. The smallest absolute Gasteiger partial charge is 0.199 e. The molecule has 0 radical (unpaired) electrons. The standard InChI is InChI=1S/C26H29NO3/c1-15-14-30-23-19-10-11-20-18(5-4-12-25(20,2)3)22(19)26(29,24(28)21(15)23)13-16-6-8-17(27)9-7-16/h6-11,15,29H,4-5,12-14,27H2,1-3H3/t15-,26?/m0/s1. The molecule has 5 rings (SSSR count). The Morgan fingerprint density at radius 3 is 2.63 bits per heavy atom. The number of nitrogen functional groups attached to an aromatic ring is 1. The molecular weight excluding hydrogens is 374 g/mol. The van der Waals surface area contributed by atoms with Crippen LogP contribution < -0.4 is 5.73 Å². The second-order valence-electron chi connectivity index (χ2n) is 9.81. The Morgan fingerprint density at radius 1 is 1.17 bits per heavy atom. The molecule has 0 aromatic heterocycles. The maximum atomic E-state index is 13.8. The Balaban J connectivity index is 1.76. The zero-order valence-electron chi connectivity index (χ0n) is 17.9. The van der Waals surface area contributed by atoms with Crippen molar-refractivity contribution in [3.63, 3.8) is 0 Å². The average Bonchev–Trinajstić information content (AvgIpc) is 3.09. The van der Waals surface area contributed by atoms with Gasteiger partial charge < -0.3 is 15.6 Å². The quantitative estimate of drug-likeness (QED) is 0.735. The summed E-state index contributed by atoms with van der Waals surface area (Å²) in [5.41, 5.74) is 10.5. The Labute approximate surface area is 177 Å². The fraction of sp³-hybridized carbons (Fsp3) is 0.423. The van der Waals surface area contributed by atoms with Crippen LogP contribution in [0.2, 0.25) is 0 Å². The SMILES string of the molecule is C[C@H]1COC2=C1C(=O)C(O)(Cc1ccc(N)cc1)c1c2ccc2c1CCCC2(C)C. The van der Waals surface area contributed by atoms with E-state index in [0.717, 1.165) is 41.5 Å². The zero-order valence-corrected chi connectivity index (χ0v) is 17.9. The number of anilines is 1. The first-order valence-electron chi connectivity index (χ1n) is 10.9. The van der Waals surface area contributed by atoms with Gasteiger partial charge in [0.25, 0.3) is 0 Å². The first-order chi connectivity index (χ1) is 14.2. The average molecular weight is 404 g/mol. The van der Waals surface area contributed by atoms with Crippen molar-refractivity contribution >= 4 is 17.2 Å². The van der Waals surface area contributed by atoms with Gasteiger partial charge in [-0.15, -0.1) is 0 Å². The summed E-state index contributed by atoms with van der Waals surface area (Å²) in [6, 6.07) is 11.7. The van der Waals surface area contributed by atoms with Gasteiger partial charge in [0.1, 0.15) is 5.76 Å². The van der Waals surface area contributed by atoms with Crippen LogP contribution in [0.1, 0.15) is 61.4 Å². The van der Waals surface area contributed by atoms with Crippen LogP contribution in [0.5, 0.6) is 0 Å². The van der Waals surface area contributed by atoms with Crippen LogP contribution in [-0.4, -0.2) is 17.5 Å². The van der Waals surface area contributed by atoms with Crippen LogP contribution in [0.4, 0.5) is 5.69 Å². The highest BCUT2D eigenvalue weighted by Gasteiger charge is 2.52. The van der Waals surface area contributed by atoms with E-state index in [-0.39, 0.29) is 23.5 Å². The Bertz CT molecular complexity index is 1080. The molecule has 3 aliphatic rings. The molecule has 4 heteroatoms. The van der Waals surface area contributed by atoms with Gasteiger partial charge >= 0.3 is 0 Å². The maximum Gasteiger partial charge on any atom is 0.199 e. The maximum absolute atomic E-state index is 13.8. The highest BCUT2D eigenvalue weighted by atomic mass is 16.5. The number of aliphatic hydroxyl groups is 1. The van der Waals surface area contributed by atoms with Crippen LogP contribution in [0, 0.1) is 5.92 Å². The van der Waals surface area contributed by atoms with Crippen molar-refractivity contribution in [2.24, 2.45) is 5.92 Å². The summed E-state index contributed by atoms with van der Waals surface area (Å²) in [4.78, 5) is 13.8. The molecule has 156 valence electrons. The van der Waals surface area contributed by atoms with E-state index < -0.39 is 5.60 Å². The molecule has 3 N–H and O–H groups in total. The number of ketones is 1. The molecule has 0 saturated carbocycles. The van der Waals surface area contributed by atoms with Gasteiger partial charge in [-0.1, -0.05) is 45.0 Å². The normalized spacial score (nSPS) is 26.7. The number of fused-ring (bicyclic) bond motifs is 4. The third-order valence-corrected chi connectivity index (χ3v) is 7.20. The topological polar surface area (TPSA) is 72.5 Å². The molecule has 0 saturated heterocycles. The van der Waals surface area contributed by atoms with Gasteiger partial charge in [-0.25, -0.2) is 0 Å². The van der Waals surface area contributed by atoms with Crippen molar-refractivity contribution in [3.05, 3.63) is 69.8 Å². The van der Waals surface area contributed by atoms with Crippen LogP contribution in [0.25, 0.3) is 5.76 Å². The molecule has 0 bridgehead atoms. The summed E-state index contributed by atoms with van der Waals surface area (Å²) < 4.78 is 6.00. The lowest BCUT2D eigenvalue weighted by atomic mass is 9.64. The van der Waals surface area contributed by atoms with Crippen LogP contribution in [0.3, 0.4) is 0 Å². The third kappa shape index (κ3) is 2.66. The summed E-state index contributed by atoms with van der Waals surface area (Å²) in [6.45, 7) is 6.98. The monoisotopic (exact) mass is 403 g/mol. The van der Waals surface area contributed by atoms with E-state index in [1.165, 1.54) is 5.56 Å². The number of carbonyl (C=O) groups excluding carboxylic acids is 1. The lowest BCUT2D eigenvalue weighted by Gasteiger charge is -2.40.